The van der Waals surface area contributed by atoms with E-state index in [0.717, 1.165) is 11.0 Å². The van der Waals surface area contributed by atoms with Gasteiger partial charge in [0.25, 0.3) is 12.3 Å². The first kappa shape index (κ1) is 15.3. The molecule has 0 aliphatic rings. The van der Waals surface area contributed by atoms with E-state index < -0.39 is 24.7 Å². The minimum absolute atomic E-state index is 0.0115. The van der Waals surface area contributed by atoms with Crippen molar-refractivity contribution in [3.8, 4) is 0 Å². The molecule has 1 amide bonds. The quantitative estimate of drug-likeness (QED) is 0.748. The van der Waals surface area contributed by atoms with E-state index in [1.54, 1.807) is 0 Å². The number of halogens is 5. The van der Waals surface area contributed by atoms with Crippen molar-refractivity contribution >= 4 is 33.4 Å². The van der Waals surface area contributed by atoms with Gasteiger partial charge in [0, 0.05) is 18.0 Å². The third-order valence-electron chi connectivity index (χ3n) is 2.17. The minimum Gasteiger partial charge on any atom is -0.332 e. The third-order valence-corrected chi connectivity index (χ3v) is 2.98. The van der Waals surface area contributed by atoms with Gasteiger partial charge in [0.2, 0.25) is 0 Å². The predicted octanol–water partition coefficient (Wildman–Crippen LogP) is 3.53. The maximum absolute atomic E-state index is 13.3. The van der Waals surface area contributed by atoms with Crippen LogP contribution in [0.1, 0.15) is 10.4 Å². The van der Waals surface area contributed by atoms with E-state index in [4.69, 9.17) is 11.6 Å². The molecule has 0 heterocycles. The van der Waals surface area contributed by atoms with Crippen molar-refractivity contribution in [3.63, 3.8) is 0 Å². The van der Waals surface area contributed by atoms with E-state index in [1.165, 1.54) is 12.1 Å². The van der Waals surface area contributed by atoms with E-state index >= 15 is 0 Å². The van der Waals surface area contributed by atoms with Gasteiger partial charge in [0.1, 0.15) is 5.82 Å². The van der Waals surface area contributed by atoms with Gasteiger partial charge in [-0.15, -0.1) is 11.6 Å². The summed E-state index contributed by atoms with van der Waals surface area (Å²) in [6.45, 7) is -0.731. The van der Waals surface area contributed by atoms with Crippen molar-refractivity contribution < 1.29 is 18.0 Å². The summed E-state index contributed by atoms with van der Waals surface area (Å²) >= 11 is 8.39. The normalized spacial score (nSPS) is 10.8. The lowest BCUT2D eigenvalue weighted by atomic mass is 10.2. The number of carbonyl (C=O) groups is 1. The van der Waals surface area contributed by atoms with E-state index in [2.05, 4.69) is 15.9 Å². The van der Waals surface area contributed by atoms with Crippen LogP contribution in [0.25, 0.3) is 0 Å². The Bertz CT molecular complexity index is 431. The highest BCUT2D eigenvalue weighted by molar-refractivity contribution is 9.10. The van der Waals surface area contributed by atoms with Crippen LogP contribution in [0.3, 0.4) is 0 Å². The summed E-state index contributed by atoms with van der Waals surface area (Å²) in [5.41, 5.74) is 0.0152. The molecule has 1 rings (SSSR count). The highest BCUT2D eigenvalue weighted by Gasteiger charge is 2.20. The van der Waals surface area contributed by atoms with E-state index in [0.29, 0.717) is 0 Å². The van der Waals surface area contributed by atoms with Crippen LogP contribution >= 0.6 is 27.5 Å². The summed E-state index contributed by atoms with van der Waals surface area (Å²) in [6.07, 6.45) is -2.66. The van der Waals surface area contributed by atoms with Crippen molar-refractivity contribution in [2.24, 2.45) is 0 Å². The van der Waals surface area contributed by atoms with Gasteiger partial charge >= 0.3 is 0 Å². The fourth-order valence-electron chi connectivity index (χ4n) is 1.36. The van der Waals surface area contributed by atoms with Gasteiger partial charge in [0.05, 0.1) is 11.0 Å². The molecule has 1 aromatic carbocycles. The maximum Gasteiger partial charge on any atom is 0.255 e. The molecule has 0 saturated carbocycles. The van der Waals surface area contributed by atoms with Crippen LogP contribution in [0.5, 0.6) is 0 Å². The molecule has 0 spiro atoms. The van der Waals surface area contributed by atoms with Crippen molar-refractivity contribution in [1.82, 2.24) is 4.90 Å². The van der Waals surface area contributed by atoms with Crippen molar-refractivity contribution in [1.29, 1.82) is 0 Å². The van der Waals surface area contributed by atoms with Crippen molar-refractivity contribution in [2.45, 2.75) is 6.43 Å². The van der Waals surface area contributed by atoms with Gasteiger partial charge in [0.15, 0.2) is 0 Å². The Kier molecular flexibility index (Phi) is 5.95. The smallest absolute Gasteiger partial charge is 0.255 e. The molecule has 0 aromatic heterocycles. The largest absolute Gasteiger partial charge is 0.332 e. The molecule has 100 valence electrons. The average molecular weight is 345 g/mol. The lowest BCUT2D eigenvalue weighted by Gasteiger charge is -2.21. The van der Waals surface area contributed by atoms with E-state index in [9.17, 15) is 18.0 Å². The number of benzene rings is 1. The summed E-state index contributed by atoms with van der Waals surface area (Å²) in [7, 11) is 0. The molecule has 0 saturated heterocycles. The minimum atomic E-state index is -2.66. The molecule has 0 aliphatic carbocycles. The Labute approximate surface area is 116 Å². The lowest BCUT2D eigenvalue weighted by molar-refractivity contribution is 0.0570. The van der Waals surface area contributed by atoms with E-state index in [1.807, 2.05) is 0 Å². The van der Waals surface area contributed by atoms with E-state index in [-0.39, 0.29) is 22.5 Å². The topological polar surface area (TPSA) is 20.3 Å². The number of alkyl halides is 3. The van der Waals surface area contributed by atoms with Crippen LogP contribution in [0.2, 0.25) is 0 Å². The molecule has 0 aliphatic heterocycles. The summed E-state index contributed by atoms with van der Waals surface area (Å²) in [5.74, 6) is -1.25. The van der Waals surface area contributed by atoms with Crippen LogP contribution in [0.15, 0.2) is 22.7 Å². The number of nitrogens with zero attached hydrogens (tertiary/aromatic N) is 1. The van der Waals surface area contributed by atoms with Crippen LogP contribution in [-0.2, 0) is 0 Å². The Hall–Kier alpha value is -0.750. The Morgan fingerprint density at radius 2 is 2.11 bits per heavy atom. The average Bonchev–Trinajstić information content (AvgIpc) is 2.31. The number of carbonyl (C=O) groups excluding carboxylic acids is 1. The van der Waals surface area contributed by atoms with Gasteiger partial charge in [-0.3, -0.25) is 4.79 Å². The number of rotatable bonds is 5. The van der Waals surface area contributed by atoms with Crippen molar-refractivity contribution in [3.05, 3.63) is 34.1 Å². The zero-order valence-corrected chi connectivity index (χ0v) is 11.5. The predicted molar refractivity (Wildman–Crippen MR) is 66.7 cm³/mol. The molecule has 0 bridgehead atoms. The molecule has 0 atom stereocenters. The summed E-state index contributed by atoms with van der Waals surface area (Å²) < 4.78 is 38.1. The zero-order chi connectivity index (χ0) is 13.7. The number of amides is 1. The first-order chi connectivity index (χ1) is 8.45. The molecule has 7 heteroatoms. The second-order valence-corrected chi connectivity index (χ2v) is 4.69. The number of hydrogen-bond donors (Lipinski definition) is 0. The second kappa shape index (κ2) is 6.99. The molecule has 0 radical (unpaired) electrons. The molecule has 1 aromatic rings. The van der Waals surface area contributed by atoms with Crippen molar-refractivity contribution in [2.75, 3.05) is 19.0 Å². The maximum atomic E-state index is 13.3. The summed E-state index contributed by atoms with van der Waals surface area (Å²) in [5, 5.41) is 0. The standard InChI is InChI=1S/C11H10BrClF3NO/c12-8-2-1-7(5-9(8)14)11(18)17(4-3-13)6-10(15)16/h1-2,5,10H,3-4,6H2. The van der Waals surface area contributed by atoms with Gasteiger partial charge in [-0.05, 0) is 34.1 Å². The Morgan fingerprint density at radius 1 is 1.44 bits per heavy atom. The highest BCUT2D eigenvalue weighted by Crippen LogP contribution is 2.17. The fraction of sp³-hybridized carbons (Fsp3) is 0.364. The molecule has 18 heavy (non-hydrogen) atoms. The first-order valence-electron chi connectivity index (χ1n) is 5.04. The van der Waals surface area contributed by atoms with Gasteiger partial charge in [-0.1, -0.05) is 0 Å². The Balaban J connectivity index is 2.90. The first-order valence-corrected chi connectivity index (χ1v) is 6.37. The van der Waals surface area contributed by atoms with Gasteiger partial charge in [-0.25, -0.2) is 13.2 Å². The van der Waals surface area contributed by atoms with Crippen LogP contribution in [-0.4, -0.2) is 36.2 Å². The second-order valence-electron chi connectivity index (χ2n) is 3.46. The zero-order valence-electron chi connectivity index (χ0n) is 9.18. The highest BCUT2D eigenvalue weighted by atomic mass is 79.9. The fourth-order valence-corrected chi connectivity index (χ4v) is 1.81. The van der Waals surface area contributed by atoms with Crippen LogP contribution in [0, 0.1) is 5.82 Å². The van der Waals surface area contributed by atoms with Gasteiger partial charge < -0.3 is 4.90 Å². The van der Waals surface area contributed by atoms with Crippen LogP contribution in [0.4, 0.5) is 13.2 Å². The molecule has 0 unspecified atom stereocenters. The molecule has 2 nitrogen and oxygen atoms in total. The number of hydrogen-bond acceptors (Lipinski definition) is 1. The monoisotopic (exact) mass is 343 g/mol. The summed E-state index contributed by atoms with van der Waals surface area (Å²) in [4.78, 5) is 12.8. The molecular formula is C11H10BrClF3NO. The summed E-state index contributed by atoms with van der Waals surface area (Å²) in [6, 6.07) is 3.71. The molecule has 0 fully saturated rings. The third kappa shape index (κ3) is 4.17. The Morgan fingerprint density at radius 3 is 2.61 bits per heavy atom. The lowest BCUT2D eigenvalue weighted by Crippen LogP contribution is -2.36. The SMILES string of the molecule is O=C(c1ccc(Br)c(F)c1)N(CCCl)CC(F)F. The van der Waals surface area contributed by atoms with Crippen LogP contribution < -0.4 is 0 Å². The van der Waals surface area contributed by atoms with Gasteiger partial charge in [-0.2, -0.15) is 0 Å². The molecule has 0 N–H and O–H groups in total. The molecular weight excluding hydrogens is 334 g/mol.